The molecular weight excluding hydrogens is 258 g/mol. The molecule has 0 unspecified atom stereocenters. The lowest BCUT2D eigenvalue weighted by Gasteiger charge is -2.08. The standard InChI is InChI=1S/C10H15N3O4S/c1-2-4-11-7-8(13(16)17)9(14)12(10(11)15)5-3-6-18/h7,18H,2-6H2,1H3. The predicted octanol–water partition coefficient (Wildman–Crippen LogP) is 0.648. The maximum Gasteiger partial charge on any atom is 0.350 e. The molecule has 1 heterocycles. The van der Waals surface area contributed by atoms with Gasteiger partial charge in [-0.1, -0.05) is 6.92 Å². The summed E-state index contributed by atoms with van der Waals surface area (Å²) in [4.78, 5) is 33.7. The summed E-state index contributed by atoms with van der Waals surface area (Å²) in [6, 6.07) is 0. The third-order valence-electron chi connectivity index (χ3n) is 2.42. The van der Waals surface area contributed by atoms with Crippen LogP contribution in [0.5, 0.6) is 0 Å². The first kappa shape index (κ1) is 14.5. The number of hydrogen-bond donors (Lipinski definition) is 1. The second-order valence-electron chi connectivity index (χ2n) is 3.78. The maximum absolute atomic E-state index is 11.9. The van der Waals surface area contributed by atoms with Gasteiger partial charge in [-0.3, -0.25) is 24.0 Å². The number of aryl methyl sites for hydroxylation is 1. The van der Waals surface area contributed by atoms with E-state index in [-0.39, 0.29) is 6.54 Å². The minimum atomic E-state index is -0.848. The smallest absolute Gasteiger partial charge is 0.293 e. The van der Waals surface area contributed by atoms with Gasteiger partial charge in [0.05, 0.1) is 11.1 Å². The van der Waals surface area contributed by atoms with E-state index in [9.17, 15) is 19.7 Å². The van der Waals surface area contributed by atoms with E-state index in [1.165, 1.54) is 4.57 Å². The Bertz CT molecular complexity index is 549. The molecule has 1 aromatic heterocycles. The van der Waals surface area contributed by atoms with Gasteiger partial charge in [-0.25, -0.2) is 4.79 Å². The van der Waals surface area contributed by atoms with Crippen molar-refractivity contribution < 1.29 is 4.92 Å². The normalized spacial score (nSPS) is 10.6. The lowest BCUT2D eigenvalue weighted by molar-refractivity contribution is -0.387. The molecule has 0 atom stereocenters. The topological polar surface area (TPSA) is 87.1 Å². The highest BCUT2D eigenvalue weighted by Crippen LogP contribution is 2.01. The fourth-order valence-electron chi connectivity index (χ4n) is 1.59. The zero-order valence-corrected chi connectivity index (χ0v) is 10.9. The van der Waals surface area contributed by atoms with E-state index < -0.39 is 21.9 Å². The van der Waals surface area contributed by atoms with Crippen LogP contribution in [0.15, 0.2) is 15.8 Å². The van der Waals surface area contributed by atoms with E-state index in [4.69, 9.17) is 0 Å². The van der Waals surface area contributed by atoms with Crippen LogP contribution in [-0.2, 0) is 13.1 Å². The average Bonchev–Trinajstić information content (AvgIpc) is 2.32. The van der Waals surface area contributed by atoms with Crippen molar-refractivity contribution in [2.75, 3.05) is 5.75 Å². The van der Waals surface area contributed by atoms with Crippen molar-refractivity contribution in [3.05, 3.63) is 37.1 Å². The summed E-state index contributed by atoms with van der Waals surface area (Å²) in [6.45, 7) is 2.34. The van der Waals surface area contributed by atoms with Crippen molar-refractivity contribution in [1.82, 2.24) is 9.13 Å². The summed E-state index contributed by atoms with van der Waals surface area (Å²) in [5, 5.41) is 10.8. The lowest BCUT2D eigenvalue weighted by Crippen LogP contribution is -2.40. The second-order valence-corrected chi connectivity index (χ2v) is 4.23. The van der Waals surface area contributed by atoms with E-state index in [2.05, 4.69) is 12.6 Å². The van der Waals surface area contributed by atoms with Crippen molar-refractivity contribution in [2.24, 2.45) is 0 Å². The molecule has 0 aliphatic carbocycles. The summed E-state index contributed by atoms with van der Waals surface area (Å²) >= 11 is 3.99. The molecule has 0 radical (unpaired) electrons. The predicted molar refractivity (Wildman–Crippen MR) is 70.4 cm³/mol. The van der Waals surface area contributed by atoms with Crippen LogP contribution in [0.25, 0.3) is 0 Å². The molecule has 0 bridgehead atoms. The highest BCUT2D eigenvalue weighted by molar-refractivity contribution is 7.80. The molecule has 0 aromatic carbocycles. The Balaban J connectivity index is 3.41. The first-order valence-electron chi connectivity index (χ1n) is 5.62. The van der Waals surface area contributed by atoms with Crippen LogP contribution in [-0.4, -0.2) is 19.8 Å². The van der Waals surface area contributed by atoms with Gasteiger partial charge in [0, 0.05) is 13.1 Å². The molecule has 0 aliphatic rings. The molecule has 8 heteroatoms. The fourth-order valence-corrected chi connectivity index (χ4v) is 1.73. The summed E-state index contributed by atoms with van der Waals surface area (Å²) in [5.41, 5.74) is -1.92. The molecule has 18 heavy (non-hydrogen) atoms. The van der Waals surface area contributed by atoms with Crippen LogP contribution in [0.1, 0.15) is 19.8 Å². The van der Waals surface area contributed by atoms with Crippen LogP contribution in [0.2, 0.25) is 0 Å². The molecule has 1 aromatic rings. The third-order valence-corrected chi connectivity index (χ3v) is 2.74. The summed E-state index contributed by atoms with van der Waals surface area (Å²) in [5.74, 6) is 0.502. The van der Waals surface area contributed by atoms with E-state index in [1.54, 1.807) is 0 Å². The number of aromatic nitrogens is 2. The molecule has 0 N–H and O–H groups in total. The number of rotatable bonds is 6. The highest BCUT2D eigenvalue weighted by atomic mass is 32.1. The molecular formula is C10H15N3O4S. The Kier molecular flexibility index (Phi) is 5.14. The molecule has 0 amide bonds. The first-order chi connectivity index (χ1) is 8.52. The third kappa shape index (κ3) is 3.00. The van der Waals surface area contributed by atoms with Crippen molar-refractivity contribution in [3.63, 3.8) is 0 Å². The average molecular weight is 273 g/mol. The fraction of sp³-hybridized carbons (Fsp3) is 0.600. The second kappa shape index (κ2) is 6.39. The van der Waals surface area contributed by atoms with Gasteiger partial charge in [0.1, 0.15) is 0 Å². The van der Waals surface area contributed by atoms with Crippen molar-refractivity contribution in [1.29, 1.82) is 0 Å². The molecule has 7 nitrogen and oxygen atoms in total. The van der Waals surface area contributed by atoms with Crippen LogP contribution in [0, 0.1) is 10.1 Å². The number of nitrogens with zero attached hydrogens (tertiary/aromatic N) is 3. The Morgan fingerprint density at radius 1 is 1.39 bits per heavy atom. The molecule has 0 spiro atoms. The van der Waals surface area contributed by atoms with Crippen LogP contribution in [0.4, 0.5) is 5.69 Å². The number of nitro groups is 1. The quantitative estimate of drug-likeness (QED) is 0.468. The summed E-state index contributed by atoms with van der Waals surface area (Å²) in [7, 11) is 0. The Hall–Kier alpha value is -1.57. The zero-order valence-electron chi connectivity index (χ0n) is 10.0. The molecule has 0 aliphatic heterocycles. The Morgan fingerprint density at radius 2 is 2.06 bits per heavy atom. The number of thiol groups is 1. The van der Waals surface area contributed by atoms with Gasteiger partial charge in [-0.05, 0) is 18.6 Å². The monoisotopic (exact) mass is 273 g/mol. The largest absolute Gasteiger partial charge is 0.350 e. The van der Waals surface area contributed by atoms with Gasteiger partial charge >= 0.3 is 16.9 Å². The van der Waals surface area contributed by atoms with Crippen LogP contribution >= 0.6 is 12.6 Å². The van der Waals surface area contributed by atoms with Gasteiger partial charge in [-0.15, -0.1) is 0 Å². The van der Waals surface area contributed by atoms with E-state index in [1.807, 2.05) is 6.92 Å². The van der Waals surface area contributed by atoms with Gasteiger partial charge in [-0.2, -0.15) is 12.6 Å². The van der Waals surface area contributed by atoms with Crippen molar-refractivity contribution in [2.45, 2.75) is 32.9 Å². The molecule has 0 fully saturated rings. The molecule has 0 saturated heterocycles. The van der Waals surface area contributed by atoms with Crippen molar-refractivity contribution in [3.8, 4) is 0 Å². The first-order valence-corrected chi connectivity index (χ1v) is 6.25. The van der Waals surface area contributed by atoms with Gasteiger partial charge < -0.3 is 0 Å². The number of hydrogen-bond acceptors (Lipinski definition) is 5. The van der Waals surface area contributed by atoms with Gasteiger partial charge in [0.2, 0.25) is 0 Å². The Morgan fingerprint density at radius 3 is 2.56 bits per heavy atom. The van der Waals surface area contributed by atoms with Crippen LogP contribution < -0.4 is 11.2 Å². The molecule has 100 valence electrons. The van der Waals surface area contributed by atoms with Crippen LogP contribution in [0.3, 0.4) is 0 Å². The van der Waals surface area contributed by atoms with E-state index >= 15 is 0 Å². The minimum Gasteiger partial charge on any atom is -0.293 e. The van der Waals surface area contributed by atoms with Gasteiger partial charge in [0.25, 0.3) is 0 Å². The molecule has 1 rings (SSSR count). The highest BCUT2D eigenvalue weighted by Gasteiger charge is 2.19. The summed E-state index contributed by atoms with van der Waals surface area (Å²) < 4.78 is 2.11. The summed E-state index contributed by atoms with van der Waals surface area (Å²) in [6.07, 6.45) is 2.18. The Labute approximate surface area is 109 Å². The molecule has 0 saturated carbocycles. The SMILES string of the molecule is CCCn1cc([N+](=O)[O-])c(=O)n(CCCS)c1=O. The zero-order chi connectivity index (χ0) is 13.7. The minimum absolute atomic E-state index is 0.145. The van der Waals surface area contributed by atoms with E-state index in [0.717, 1.165) is 10.8 Å². The van der Waals surface area contributed by atoms with Gasteiger partial charge in [0.15, 0.2) is 0 Å². The lowest BCUT2D eigenvalue weighted by atomic mass is 10.4. The van der Waals surface area contributed by atoms with E-state index in [0.29, 0.717) is 25.1 Å². The van der Waals surface area contributed by atoms with Crippen molar-refractivity contribution >= 4 is 18.3 Å². The maximum atomic E-state index is 11.9.